The molecule has 19 heavy (non-hydrogen) atoms. The highest BCUT2D eigenvalue weighted by molar-refractivity contribution is 7.12. The molecule has 3 heterocycles. The molecule has 0 aliphatic heterocycles. The lowest BCUT2D eigenvalue weighted by molar-refractivity contribution is 0.943. The average molecular weight is 289 g/mol. The molecular weight excluding hydrogens is 274 g/mol. The first kappa shape index (κ1) is 12.6. The van der Waals surface area contributed by atoms with E-state index in [1.54, 1.807) is 22.7 Å². The standard InChI is InChI=1S/C14H15N3S2/c1-8-6-19-14(15-8)17-9(2)5-12(10(17)3)13-7-18-11(4)16-13/h5-7H,1-4H3. The zero-order valence-electron chi connectivity index (χ0n) is 11.4. The maximum atomic E-state index is 4.58. The lowest BCUT2D eigenvalue weighted by Crippen LogP contribution is -1.98. The van der Waals surface area contributed by atoms with Gasteiger partial charge < -0.3 is 0 Å². The van der Waals surface area contributed by atoms with Crippen molar-refractivity contribution in [1.82, 2.24) is 14.5 Å². The maximum Gasteiger partial charge on any atom is 0.194 e. The van der Waals surface area contributed by atoms with E-state index in [0.29, 0.717) is 0 Å². The van der Waals surface area contributed by atoms with E-state index in [2.05, 4.69) is 45.2 Å². The zero-order chi connectivity index (χ0) is 13.6. The van der Waals surface area contributed by atoms with Crippen LogP contribution in [0.25, 0.3) is 16.4 Å². The van der Waals surface area contributed by atoms with Gasteiger partial charge in [-0.15, -0.1) is 22.7 Å². The van der Waals surface area contributed by atoms with Gasteiger partial charge in [0, 0.05) is 27.7 Å². The summed E-state index contributed by atoms with van der Waals surface area (Å²) >= 11 is 3.37. The molecular formula is C14H15N3S2. The summed E-state index contributed by atoms with van der Waals surface area (Å²) in [5.41, 5.74) is 5.74. The quantitative estimate of drug-likeness (QED) is 0.704. The highest BCUT2D eigenvalue weighted by Crippen LogP contribution is 2.30. The van der Waals surface area contributed by atoms with Crippen molar-refractivity contribution in [1.29, 1.82) is 0 Å². The molecule has 0 fully saturated rings. The molecule has 0 spiro atoms. The van der Waals surface area contributed by atoms with E-state index in [4.69, 9.17) is 0 Å². The van der Waals surface area contributed by atoms with Crippen molar-refractivity contribution < 1.29 is 0 Å². The summed E-state index contributed by atoms with van der Waals surface area (Å²) in [5.74, 6) is 0. The third kappa shape index (κ3) is 2.13. The lowest BCUT2D eigenvalue weighted by Gasteiger charge is -2.04. The van der Waals surface area contributed by atoms with Crippen molar-refractivity contribution in [2.75, 3.05) is 0 Å². The minimum Gasteiger partial charge on any atom is -0.294 e. The predicted octanol–water partition coefficient (Wildman–Crippen LogP) is 4.29. The topological polar surface area (TPSA) is 30.7 Å². The van der Waals surface area contributed by atoms with E-state index in [-0.39, 0.29) is 0 Å². The highest BCUT2D eigenvalue weighted by Gasteiger charge is 2.15. The van der Waals surface area contributed by atoms with Crippen LogP contribution in [-0.4, -0.2) is 14.5 Å². The number of thiazole rings is 2. The van der Waals surface area contributed by atoms with Gasteiger partial charge in [0.25, 0.3) is 0 Å². The Balaban J connectivity index is 2.15. The van der Waals surface area contributed by atoms with Crippen LogP contribution in [0, 0.1) is 27.7 Å². The van der Waals surface area contributed by atoms with Crippen LogP contribution in [0.15, 0.2) is 16.8 Å². The van der Waals surface area contributed by atoms with Crippen LogP contribution in [0.2, 0.25) is 0 Å². The van der Waals surface area contributed by atoms with Gasteiger partial charge >= 0.3 is 0 Å². The fourth-order valence-electron chi connectivity index (χ4n) is 2.25. The SMILES string of the molecule is Cc1csc(-n2c(C)cc(-c3csc(C)n3)c2C)n1. The second-order valence-corrected chi connectivity index (χ2v) is 6.54. The maximum absolute atomic E-state index is 4.58. The minimum absolute atomic E-state index is 1.03. The monoisotopic (exact) mass is 289 g/mol. The van der Waals surface area contributed by atoms with Crippen molar-refractivity contribution in [3.63, 3.8) is 0 Å². The van der Waals surface area contributed by atoms with Crippen molar-refractivity contribution in [2.24, 2.45) is 0 Å². The largest absolute Gasteiger partial charge is 0.294 e. The number of rotatable bonds is 2. The summed E-state index contributed by atoms with van der Waals surface area (Å²) in [7, 11) is 0. The Kier molecular flexibility index (Phi) is 3.03. The number of aryl methyl sites for hydroxylation is 3. The minimum atomic E-state index is 1.03. The number of hydrogen-bond acceptors (Lipinski definition) is 4. The van der Waals surface area contributed by atoms with Crippen LogP contribution in [0.4, 0.5) is 0 Å². The zero-order valence-corrected chi connectivity index (χ0v) is 13.0. The number of nitrogens with zero attached hydrogens (tertiary/aromatic N) is 3. The van der Waals surface area contributed by atoms with Crippen molar-refractivity contribution in [2.45, 2.75) is 27.7 Å². The molecule has 3 aromatic rings. The average Bonchev–Trinajstić information content (AvgIpc) is 3.01. The second-order valence-electron chi connectivity index (χ2n) is 4.64. The Hall–Kier alpha value is -1.46. The first-order valence-corrected chi connectivity index (χ1v) is 7.86. The van der Waals surface area contributed by atoms with Crippen LogP contribution < -0.4 is 0 Å². The van der Waals surface area contributed by atoms with Gasteiger partial charge in [0.2, 0.25) is 0 Å². The fraction of sp³-hybridized carbons (Fsp3) is 0.286. The molecule has 0 N–H and O–H groups in total. The predicted molar refractivity (Wildman–Crippen MR) is 81.5 cm³/mol. The first-order chi connectivity index (χ1) is 9.06. The van der Waals surface area contributed by atoms with Crippen molar-refractivity contribution in [3.05, 3.63) is 38.9 Å². The Morgan fingerprint density at radius 1 is 1.00 bits per heavy atom. The molecule has 0 unspecified atom stereocenters. The van der Waals surface area contributed by atoms with E-state index in [9.17, 15) is 0 Å². The number of hydrogen-bond donors (Lipinski definition) is 0. The summed E-state index contributed by atoms with van der Waals surface area (Å²) < 4.78 is 2.21. The van der Waals surface area contributed by atoms with E-state index in [1.165, 1.54) is 17.0 Å². The van der Waals surface area contributed by atoms with Crippen LogP contribution in [0.5, 0.6) is 0 Å². The third-order valence-corrected chi connectivity index (χ3v) is 4.84. The van der Waals surface area contributed by atoms with Crippen molar-refractivity contribution in [3.8, 4) is 16.4 Å². The molecule has 0 bridgehead atoms. The Morgan fingerprint density at radius 2 is 1.79 bits per heavy atom. The molecule has 0 saturated carbocycles. The summed E-state index contributed by atoms with van der Waals surface area (Å²) in [5, 5.41) is 6.34. The van der Waals surface area contributed by atoms with E-state index < -0.39 is 0 Å². The molecule has 0 aliphatic carbocycles. The van der Waals surface area contributed by atoms with E-state index >= 15 is 0 Å². The third-order valence-electron chi connectivity index (χ3n) is 3.12. The highest BCUT2D eigenvalue weighted by atomic mass is 32.1. The van der Waals surface area contributed by atoms with Crippen LogP contribution in [0.1, 0.15) is 22.1 Å². The summed E-state index contributed by atoms with van der Waals surface area (Å²) in [6.07, 6.45) is 0. The lowest BCUT2D eigenvalue weighted by atomic mass is 10.2. The molecule has 0 aliphatic rings. The molecule has 5 heteroatoms. The summed E-state index contributed by atoms with van der Waals surface area (Å²) in [4.78, 5) is 9.16. The molecule has 3 nitrogen and oxygen atoms in total. The van der Waals surface area contributed by atoms with Gasteiger partial charge in [-0.1, -0.05) is 0 Å². The number of aromatic nitrogens is 3. The van der Waals surface area contributed by atoms with Gasteiger partial charge in [0.15, 0.2) is 5.13 Å². The van der Waals surface area contributed by atoms with Crippen molar-refractivity contribution >= 4 is 22.7 Å². The summed E-state index contributed by atoms with van der Waals surface area (Å²) in [6, 6.07) is 2.19. The van der Waals surface area contributed by atoms with Gasteiger partial charge in [0.05, 0.1) is 16.4 Å². The van der Waals surface area contributed by atoms with Crippen LogP contribution in [-0.2, 0) is 0 Å². The molecule has 0 aromatic carbocycles. The smallest absolute Gasteiger partial charge is 0.194 e. The molecule has 3 aromatic heterocycles. The molecule has 0 amide bonds. The van der Waals surface area contributed by atoms with E-state index in [0.717, 1.165) is 21.5 Å². The van der Waals surface area contributed by atoms with Gasteiger partial charge in [-0.2, -0.15) is 0 Å². The van der Waals surface area contributed by atoms with Gasteiger partial charge in [-0.25, -0.2) is 9.97 Å². The van der Waals surface area contributed by atoms with Crippen LogP contribution >= 0.6 is 22.7 Å². The normalized spacial score (nSPS) is 11.2. The van der Waals surface area contributed by atoms with E-state index in [1.807, 2.05) is 13.8 Å². The Bertz CT molecular complexity index is 734. The summed E-state index contributed by atoms with van der Waals surface area (Å²) in [6.45, 7) is 8.32. The molecule has 0 atom stereocenters. The van der Waals surface area contributed by atoms with Crippen LogP contribution in [0.3, 0.4) is 0 Å². The molecule has 98 valence electrons. The Morgan fingerprint density at radius 3 is 2.37 bits per heavy atom. The van der Waals surface area contributed by atoms with Gasteiger partial charge in [-0.05, 0) is 33.8 Å². The van der Waals surface area contributed by atoms with Gasteiger partial charge in [0.1, 0.15) is 0 Å². The first-order valence-electron chi connectivity index (χ1n) is 6.10. The Labute approximate surface area is 120 Å². The second kappa shape index (κ2) is 4.58. The fourth-order valence-corrected chi connectivity index (χ4v) is 3.77. The molecule has 0 radical (unpaired) electrons. The molecule has 3 rings (SSSR count). The molecule has 0 saturated heterocycles. The van der Waals surface area contributed by atoms with Gasteiger partial charge in [-0.3, -0.25) is 4.57 Å².